The van der Waals surface area contributed by atoms with E-state index in [-0.39, 0.29) is 19.0 Å². The number of nitrogens with two attached hydrogens (primary N) is 1. The number of fused-ring (bicyclic) bond motifs is 1. The molecule has 4 rings (SSSR count). The summed E-state index contributed by atoms with van der Waals surface area (Å²) in [5.74, 6) is 0.470. The molecule has 236 valence electrons. The average Bonchev–Trinajstić information content (AvgIpc) is 3.34. The summed E-state index contributed by atoms with van der Waals surface area (Å²) >= 11 is 0. The molecule has 1 fully saturated rings. The maximum absolute atomic E-state index is 11.4. The first kappa shape index (κ1) is 32.6. The van der Waals surface area contributed by atoms with Crippen molar-refractivity contribution >= 4 is 16.8 Å². The first-order valence-corrected chi connectivity index (χ1v) is 14.4. The van der Waals surface area contributed by atoms with Crippen LogP contribution in [-0.2, 0) is 28.9 Å². The van der Waals surface area contributed by atoms with E-state index in [1.165, 1.54) is 0 Å². The van der Waals surface area contributed by atoms with Gasteiger partial charge in [0.05, 0.1) is 42.8 Å². The SMILES string of the molecule is CC(C)(NCCCOc1ccc(CCc2cccc3c2c(O[C@@H]2O[C@H](CO)[C@@H](O)[C@H](O)[C@H]2O)nn3CCO)cc1)C(N)=O. The second-order valence-corrected chi connectivity index (χ2v) is 11.1. The molecule has 1 aromatic heterocycles. The molecule has 0 unspecified atom stereocenters. The fraction of sp³-hybridized carbons (Fsp3) is 0.533. The maximum atomic E-state index is 11.4. The van der Waals surface area contributed by atoms with E-state index in [1.54, 1.807) is 18.5 Å². The summed E-state index contributed by atoms with van der Waals surface area (Å²) in [5.41, 5.74) is 7.30. The molecule has 8 N–H and O–H groups in total. The second kappa shape index (κ2) is 14.4. The van der Waals surface area contributed by atoms with Gasteiger partial charge in [0.15, 0.2) is 0 Å². The normalized spacial score (nSPS) is 22.5. The Morgan fingerprint density at radius 2 is 1.81 bits per heavy atom. The molecule has 0 saturated carbocycles. The lowest BCUT2D eigenvalue weighted by Crippen LogP contribution is -2.60. The van der Waals surface area contributed by atoms with Gasteiger partial charge in [-0.2, -0.15) is 0 Å². The number of carbonyl (C=O) groups is 1. The lowest BCUT2D eigenvalue weighted by Gasteiger charge is -2.39. The van der Waals surface area contributed by atoms with Gasteiger partial charge in [-0.05, 0) is 69.0 Å². The van der Waals surface area contributed by atoms with E-state index in [0.717, 1.165) is 16.9 Å². The Hall–Kier alpha value is -3.30. The summed E-state index contributed by atoms with van der Waals surface area (Å²) in [6.07, 6.45) is -5.16. The number of hydrogen-bond donors (Lipinski definition) is 7. The zero-order valence-electron chi connectivity index (χ0n) is 24.4. The minimum atomic E-state index is -1.58. The summed E-state index contributed by atoms with van der Waals surface area (Å²) in [6, 6.07) is 13.5. The Bertz CT molecular complexity index is 1350. The van der Waals surface area contributed by atoms with Crippen LogP contribution < -0.4 is 20.5 Å². The molecule has 5 atom stereocenters. The fourth-order valence-corrected chi connectivity index (χ4v) is 4.87. The predicted octanol–water partition coefficient (Wildman–Crippen LogP) is -0.385. The molecular formula is C30H42N4O9. The van der Waals surface area contributed by atoms with Gasteiger partial charge in [-0.25, -0.2) is 0 Å². The molecule has 0 radical (unpaired) electrons. The van der Waals surface area contributed by atoms with Crippen LogP contribution in [0.25, 0.3) is 10.9 Å². The minimum Gasteiger partial charge on any atom is -0.494 e. The fourth-order valence-electron chi connectivity index (χ4n) is 4.87. The monoisotopic (exact) mass is 602 g/mol. The average molecular weight is 603 g/mol. The van der Waals surface area contributed by atoms with Gasteiger partial charge < -0.3 is 50.8 Å². The Labute approximate surface area is 249 Å². The molecule has 1 amide bonds. The molecule has 0 spiro atoms. The summed E-state index contributed by atoms with van der Waals surface area (Å²) in [5, 5.41) is 58.2. The van der Waals surface area contributed by atoms with Crippen LogP contribution in [0.4, 0.5) is 0 Å². The van der Waals surface area contributed by atoms with E-state index in [2.05, 4.69) is 10.4 Å². The lowest BCUT2D eigenvalue weighted by molar-refractivity contribution is -0.278. The zero-order chi connectivity index (χ0) is 31.1. The van der Waals surface area contributed by atoms with Crippen LogP contribution in [0, 0.1) is 0 Å². The van der Waals surface area contributed by atoms with Crippen molar-refractivity contribution in [2.24, 2.45) is 5.73 Å². The summed E-state index contributed by atoms with van der Waals surface area (Å²) in [4.78, 5) is 11.4. The van der Waals surface area contributed by atoms with Crippen LogP contribution in [0.15, 0.2) is 42.5 Å². The van der Waals surface area contributed by atoms with E-state index in [1.807, 2.05) is 42.5 Å². The number of ether oxygens (including phenoxy) is 3. The van der Waals surface area contributed by atoms with E-state index in [9.17, 15) is 30.3 Å². The molecule has 1 aliphatic rings. The number of hydrogen-bond acceptors (Lipinski definition) is 11. The molecule has 0 aliphatic carbocycles. The first-order valence-electron chi connectivity index (χ1n) is 14.4. The molecule has 2 heterocycles. The van der Waals surface area contributed by atoms with Crippen LogP contribution in [0.1, 0.15) is 31.4 Å². The molecule has 43 heavy (non-hydrogen) atoms. The predicted molar refractivity (Wildman–Crippen MR) is 156 cm³/mol. The van der Waals surface area contributed by atoms with Gasteiger partial charge in [0.2, 0.25) is 18.1 Å². The number of rotatable bonds is 15. The van der Waals surface area contributed by atoms with Gasteiger partial charge in [0.25, 0.3) is 0 Å². The highest BCUT2D eigenvalue weighted by molar-refractivity contribution is 5.88. The number of benzene rings is 2. The van der Waals surface area contributed by atoms with Crippen molar-refractivity contribution in [3.8, 4) is 11.6 Å². The summed E-state index contributed by atoms with van der Waals surface area (Å²) in [7, 11) is 0. The number of carbonyl (C=O) groups excluding carboxylic acids is 1. The van der Waals surface area contributed by atoms with E-state index in [4.69, 9.17) is 19.9 Å². The van der Waals surface area contributed by atoms with E-state index >= 15 is 0 Å². The van der Waals surface area contributed by atoms with Gasteiger partial charge in [0, 0.05) is 0 Å². The number of amides is 1. The van der Waals surface area contributed by atoms with Crippen molar-refractivity contribution in [2.75, 3.05) is 26.4 Å². The molecule has 1 saturated heterocycles. The Balaban J connectivity index is 1.42. The third-order valence-electron chi connectivity index (χ3n) is 7.60. The highest BCUT2D eigenvalue weighted by Crippen LogP contribution is 2.32. The van der Waals surface area contributed by atoms with Crippen LogP contribution in [-0.4, -0.2) is 104 Å². The summed E-state index contributed by atoms with van der Waals surface area (Å²) < 4.78 is 18.9. The van der Waals surface area contributed by atoms with Crippen molar-refractivity contribution in [2.45, 2.75) is 75.9 Å². The van der Waals surface area contributed by atoms with Gasteiger partial charge in [-0.1, -0.05) is 24.3 Å². The number of aromatic nitrogens is 2. The van der Waals surface area contributed by atoms with Crippen molar-refractivity contribution in [3.05, 3.63) is 53.6 Å². The molecule has 2 aromatic carbocycles. The minimum absolute atomic E-state index is 0.140. The second-order valence-electron chi connectivity index (χ2n) is 11.1. The number of aliphatic hydroxyl groups excluding tert-OH is 5. The molecule has 3 aromatic rings. The molecular weight excluding hydrogens is 560 g/mol. The van der Waals surface area contributed by atoms with Gasteiger partial charge in [0.1, 0.15) is 30.2 Å². The Morgan fingerprint density at radius 1 is 1.07 bits per heavy atom. The number of nitrogens with zero attached hydrogens (tertiary/aromatic N) is 2. The maximum Gasteiger partial charge on any atom is 0.243 e. The van der Waals surface area contributed by atoms with Gasteiger partial charge >= 0.3 is 0 Å². The van der Waals surface area contributed by atoms with Gasteiger partial charge in [-0.15, -0.1) is 5.10 Å². The highest BCUT2D eigenvalue weighted by Gasteiger charge is 2.45. The van der Waals surface area contributed by atoms with E-state index < -0.39 is 48.8 Å². The van der Waals surface area contributed by atoms with Crippen LogP contribution >= 0.6 is 0 Å². The van der Waals surface area contributed by atoms with Gasteiger partial charge in [-0.3, -0.25) is 9.48 Å². The topological polar surface area (TPSA) is 202 Å². The van der Waals surface area contributed by atoms with Crippen molar-refractivity contribution in [1.29, 1.82) is 0 Å². The number of aliphatic hydroxyl groups is 5. The van der Waals surface area contributed by atoms with Crippen molar-refractivity contribution < 1.29 is 44.5 Å². The third-order valence-corrected chi connectivity index (χ3v) is 7.60. The molecule has 13 nitrogen and oxygen atoms in total. The largest absolute Gasteiger partial charge is 0.494 e. The summed E-state index contributed by atoms with van der Waals surface area (Å²) in [6.45, 7) is 4.03. The highest BCUT2D eigenvalue weighted by atomic mass is 16.7. The first-order chi connectivity index (χ1) is 20.6. The van der Waals surface area contributed by atoms with Crippen LogP contribution in [0.2, 0.25) is 0 Å². The van der Waals surface area contributed by atoms with Crippen molar-refractivity contribution in [3.63, 3.8) is 0 Å². The Morgan fingerprint density at radius 3 is 2.49 bits per heavy atom. The Kier molecular flexibility index (Phi) is 11.0. The number of aryl methyl sites for hydroxylation is 2. The number of nitrogens with one attached hydrogen (secondary N) is 1. The lowest BCUT2D eigenvalue weighted by atomic mass is 9.99. The molecule has 13 heteroatoms. The molecule has 0 bridgehead atoms. The smallest absolute Gasteiger partial charge is 0.243 e. The zero-order valence-corrected chi connectivity index (χ0v) is 24.4. The molecule has 1 aliphatic heterocycles. The van der Waals surface area contributed by atoms with E-state index in [0.29, 0.717) is 43.3 Å². The quantitative estimate of drug-likeness (QED) is 0.112. The van der Waals surface area contributed by atoms with Crippen LogP contribution in [0.5, 0.6) is 11.6 Å². The van der Waals surface area contributed by atoms with Crippen LogP contribution in [0.3, 0.4) is 0 Å². The third kappa shape index (κ3) is 7.81. The van der Waals surface area contributed by atoms with Crippen molar-refractivity contribution in [1.82, 2.24) is 15.1 Å². The number of primary amides is 1. The standard InChI is InChI=1S/C30H42N4O9/c1-30(2,29(31)40)32-13-4-16-41-20-11-8-18(9-12-20)7-10-19-5-3-6-21-23(19)27(33-34(21)14-15-35)43-28-26(39)25(38)24(37)22(17-36)42-28/h3,5-6,8-9,11-12,22,24-26,28,32,35-39H,4,7,10,13-17H2,1-2H3,(H2,31,40)/t22-,24-,25+,26-,28+/m1/s1.